The van der Waals surface area contributed by atoms with Crippen molar-refractivity contribution in [2.24, 2.45) is 0 Å². The van der Waals surface area contributed by atoms with Gasteiger partial charge in [-0.05, 0) is 63.4 Å². The van der Waals surface area contributed by atoms with Crippen LogP contribution in [0.2, 0.25) is 0 Å². The molecule has 0 N–H and O–H groups in total. The van der Waals surface area contributed by atoms with Crippen LogP contribution in [0.15, 0.2) is 48.5 Å². The molecule has 3 aromatic rings. The molecule has 0 saturated carbocycles. The standard InChI is InChI=1S/C30H34F2NO15PS/c1-28(2,15-40-5)47-26(35)42-17-44-49(39,45-18-43-27(36)48-29(3,4)16-41-6)30(31,32)20-7-12-23-19(13-20)14-24(50-23)25(34)46-22-10-8-21(9-11-22)33(37)38/h7-14H,15-18H2,1-6H3. The summed E-state index contributed by atoms with van der Waals surface area (Å²) in [6.07, 6.45) is -2.73. The van der Waals surface area contributed by atoms with Crippen molar-refractivity contribution >= 4 is 53.0 Å². The van der Waals surface area contributed by atoms with Gasteiger partial charge in [-0.25, -0.2) is 14.4 Å². The number of nitro benzene ring substituents is 1. The highest BCUT2D eigenvalue weighted by molar-refractivity contribution is 7.54. The van der Waals surface area contributed by atoms with Gasteiger partial charge in [0.15, 0.2) is 0 Å². The van der Waals surface area contributed by atoms with Crippen molar-refractivity contribution in [3.63, 3.8) is 0 Å². The Labute approximate surface area is 288 Å². The molecule has 50 heavy (non-hydrogen) atoms. The van der Waals surface area contributed by atoms with Crippen LogP contribution in [0.25, 0.3) is 10.1 Å². The second-order valence-corrected chi connectivity index (χ2v) is 14.6. The number of thiophene rings is 1. The van der Waals surface area contributed by atoms with Crippen LogP contribution in [-0.2, 0) is 47.7 Å². The summed E-state index contributed by atoms with van der Waals surface area (Å²) in [5.41, 5.74) is -7.95. The zero-order valence-electron chi connectivity index (χ0n) is 27.6. The molecule has 0 aliphatic heterocycles. The highest BCUT2D eigenvalue weighted by Crippen LogP contribution is 2.67. The molecule has 3 rings (SSSR count). The predicted octanol–water partition coefficient (Wildman–Crippen LogP) is 7.38. The molecule has 0 aliphatic rings. The van der Waals surface area contributed by atoms with E-state index in [1.165, 1.54) is 66.2 Å². The van der Waals surface area contributed by atoms with Gasteiger partial charge in [-0.1, -0.05) is 6.07 Å². The van der Waals surface area contributed by atoms with E-state index in [4.69, 9.17) is 32.7 Å². The molecule has 0 fully saturated rings. The Hall–Kier alpha value is -4.26. The molecule has 16 nitrogen and oxygen atoms in total. The summed E-state index contributed by atoms with van der Waals surface area (Å²) in [6, 6.07) is 8.97. The van der Waals surface area contributed by atoms with Crippen molar-refractivity contribution in [3.05, 3.63) is 69.1 Å². The van der Waals surface area contributed by atoms with Crippen LogP contribution in [0.3, 0.4) is 0 Å². The first kappa shape index (κ1) is 40.2. The van der Waals surface area contributed by atoms with Crippen LogP contribution in [0.5, 0.6) is 5.75 Å². The van der Waals surface area contributed by atoms with Gasteiger partial charge in [0.2, 0.25) is 13.6 Å². The van der Waals surface area contributed by atoms with Crippen LogP contribution in [0, 0.1) is 10.1 Å². The average Bonchev–Trinajstić information content (AvgIpc) is 3.44. The summed E-state index contributed by atoms with van der Waals surface area (Å²) in [5.74, 6) is -0.872. The maximum Gasteiger partial charge on any atom is 0.511 e. The van der Waals surface area contributed by atoms with Crippen LogP contribution >= 0.6 is 18.9 Å². The number of halogens is 2. The monoisotopic (exact) mass is 749 g/mol. The molecule has 274 valence electrons. The highest BCUT2D eigenvalue weighted by atomic mass is 32.1. The van der Waals surface area contributed by atoms with Gasteiger partial charge in [0.05, 0.1) is 18.1 Å². The first-order valence-corrected chi connectivity index (χ1v) is 16.6. The zero-order valence-corrected chi connectivity index (χ0v) is 29.3. The summed E-state index contributed by atoms with van der Waals surface area (Å²) in [7, 11) is -3.01. The van der Waals surface area contributed by atoms with E-state index >= 15 is 8.78 Å². The van der Waals surface area contributed by atoms with Crippen LogP contribution in [0.4, 0.5) is 24.1 Å². The van der Waals surface area contributed by atoms with Gasteiger partial charge in [-0.3, -0.25) is 23.7 Å². The summed E-state index contributed by atoms with van der Waals surface area (Å²) in [6.45, 7) is 3.16. The minimum absolute atomic E-state index is 0.00207. The third-order valence-corrected chi connectivity index (χ3v) is 9.10. The Morgan fingerprint density at radius 1 is 0.840 bits per heavy atom. The zero-order chi connectivity index (χ0) is 37.3. The second kappa shape index (κ2) is 16.6. The van der Waals surface area contributed by atoms with Gasteiger partial charge >= 0.3 is 31.5 Å². The number of nitro groups is 1. The van der Waals surface area contributed by atoms with E-state index in [1.807, 2.05) is 0 Å². The Bertz CT molecular complexity index is 1690. The van der Waals surface area contributed by atoms with Gasteiger partial charge in [0, 0.05) is 36.6 Å². The van der Waals surface area contributed by atoms with Crippen molar-refractivity contribution in [1.82, 2.24) is 0 Å². The SMILES string of the molecule is COCC(C)(C)OC(=O)OCOP(=O)(OCOC(=O)OC(C)(C)COC)C(F)(F)c1ccc2sc(C(=O)Oc3ccc([N+](=O)[O-])cc3)cc2c1. The van der Waals surface area contributed by atoms with Gasteiger partial charge in [-0.2, -0.15) is 8.78 Å². The van der Waals surface area contributed by atoms with E-state index in [2.05, 4.69) is 9.47 Å². The molecule has 0 aliphatic carbocycles. The molecule has 20 heteroatoms. The molecule has 0 radical (unpaired) electrons. The number of benzene rings is 2. The lowest BCUT2D eigenvalue weighted by Crippen LogP contribution is -2.33. The van der Waals surface area contributed by atoms with E-state index < -0.39 is 66.8 Å². The Balaban J connectivity index is 1.82. The van der Waals surface area contributed by atoms with Crippen molar-refractivity contribution in [1.29, 1.82) is 0 Å². The quantitative estimate of drug-likeness (QED) is 0.0331. The normalized spacial score (nSPS) is 12.3. The molecule has 0 saturated heterocycles. The van der Waals surface area contributed by atoms with Crippen LogP contribution in [-0.4, -0.2) is 75.4 Å². The summed E-state index contributed by atoms with van der Waals surface area (Å²) < 4.78 is 90.2. The minimum atomic E-state index is -5.72. The third kappa shape index (κ3) is 10.9. The molecule has 1 heterocycles. The lowest BCUT2D eigenvalue weighted by atomic mass is 10.1. The van der Waals surface area contributed by atoms with E-state index in [0.29, 0.717) is 4.70 Å². The molecule has 2 aromatic carbocycles. The van der Waals surface area contributed by atoms with E-state index in [0.717, 1.165) is 35.6 Å². The smallest absolute Gasteiger partial charge is 0.426 e. The van der Waals surface area contributed by atoms with Crippen molar-refractivity contribution in [2.45, 2.75) is 44.6 Å². The molecule has 0 spiro atoms. The fourth-order valence-corrected chi connectivity index (χ4v) is 6.19. The number of carbonyl (C=O) groups excluding carboxylic acids is 3. The number of carbonyl (C=O) groups is 3. The fourth-order valence-electron chi connectivity index (χ4n) is 4.03. The largest absolute Gasteiger partial charge is 0.511 e. The van der Waals surface area contributed by atoms with Crippen molar-refractivity contribution in [2.75, 3.05) is 41.0 Å². The number of alkyl halides is 2. The Morgan fingerprint density at radius 3 is 1.84 bits per heavy atom. The number of ether oxygens (including phenoxy) is 7. The number of hydrogen-bond donors (Lipinski definition) is 0. The minimum Gasteiger partial charge on any atom is -0.426 e. The van der Waals surface area contributed by atoms with Gasteiger partial charge in [-0.15, -0.1) is 11.3 Å². The molecule has 0 unspecified atom stereocenters. The number of esters is 1. The summed E-state index contributed by atoms with van der Waals surface area (Å²) in [5, 5.41) is 11.0. The highest BCUT2D eigenvalue weighted by Gasteiger charge is 2.56. The van der Waals surface area contributed by atoms with E-state index in [-0.39, 0.29) is 34.9 Å². The average molecular weight is 750 g/mol. The number of methoxy groups -OCH3 is 2. The first-order valence-electron chi connectivity index (χ1n) is 14.3. The van der Waals surface area contributed by atoms with Gasteiger partial charge in [0.25, 0.3) is 5.69 Å². The van der Waals surface area contributed by atoms with Crippen molar-refractivity contribution < 1.29 is 74.9 Å². The molecule has 0 atom stereocenters. The van der Waals surface area contributed by atoms with E-state index in [1.54, 1.807) is 0 Å². The first-order chi connectivity index (χ1) is 23.3. The second-order valence-electron chi connectivity index (χ2n) is 11.4. The lowest BCUT2D eigenvalue weighted by molar-refractivity contribution is -0.384. The van der Waals surface area contributed by atoms with Gasteiger partial charge in [0.1, 0.15) is 21.8 Å². The fraction of sp³-hybridized carbons (Fsp3) is 0.433. The maximum atomic E-state index is 16.0. The molecular weight excluding hydrogens is 715 g/mol. The predicted molar refractivity (Wildman–Crippen MR) is 170 cm³/mol. The van der Waals surface area contributed by atoms with Crippen molar-refractivity contribution in [3.8, 4) is 5.75 Å². The van der Waals surface area contributed by atoms with Crippen LogP contribution < -0.4 is 4.74 Å². The Kier molecular flexibility index (Phi) is 13.4. The third-order valence-electron chi connectivity index (χ3n) is 6.17. The topological polar surface area (TPSA) is 194 Å². The summed E-state index contributed by atoms with van der Waals surface area (Å²) >= 11 is 0.889. The Morgan fingerprint density at radius 2 is 1.36 bits per heavy atom. The van der Waals surface area contributed by atoms with Crippen LogP contribution in [0.1, 0.15) is 42.9 Å². The summed E-state index contributed by atoms with van der Waals surface area (Å²) in [4.78, 5) is 47.2. The molecule has 0 bridgehead atoms. The number of hydrogen-bond acceptors (Lipinski definition) is 16. The maximum absolute atomic E-state index is 16.0. The van der Waals surface area contributed by atoms with Gasteiger partial charge < -0.3 is 33.2 Å². The number of rotatable bonds is 17. The molecule has 0 amide bonds. The lowest BCUT2D eigenvalue weighted by Gasteiger charge is -2.27. The number of nitrogens with zero attached hydrogens (tertiary/aromatic N) is 1. The number of fused-ring (bicyclic) bond motifs is 1. The van der Waals surface area contributed by atoms with E-state index in [9.17, 15) is 29.1 Å². The molecule has 1 aromatic heterocycles. The number of non-ortho nitro benzene ring substituents is 1. The molecular formula is C30H34F2NO15PS.